The Labute approximate surface area is 75.7 Å². The largest absolute Gasteiger partial charge is 0.465 e. The predicted molar refractivity (Wildman–Crippen MR) is 44.4 cm³/mol. The Morgan fingerprint density at radius 2 is 2.31 bits per heavy atom. The molecule has 0 heterocycles. The average molecular weight is 187 g/mol. The number of nitrogens with one attached hydrogen (secondary N) is 1. The van der Waals surface area contributed by atoms with Gasteiger partial charge in [-0.15, -0.1) is 0 Å². The van der Waals surface area contributed by atoms with Crippen molar-refractivity contribution in [1.82, 2.24) is 5.32 Å². The Morgan fingerprint density at radius 3 is 2.85 bits per heavy atom. The maximum atomic E-state index is 11.0. The first-order chi connectivity index (χ1) is 6.13. The van der Waals surface area contributed by atoms with Gasteiger partial charge in [0.25, 0.3) is 0 Å². The van der Waals surface area contributed by atoms with Crippen molar-refractivity contribution in [1.29, 1.82) is 0 Å². The normalized spacial score (nSPS) is 28.5. The van der Waals surface area contributed by atoms with Gasteiger partial charge in [0.1, 0.15) is 5.78 Å². The summed E-state index contributed by atoms with van der Waals surface area (Å²) in [6.07, 6.45) is 0.0806. The zero-order chi connectivity index (χ0) is 9.84. The van der Waals surface area contributed by atoms with Crippen molar-refractivity contribution in [2.24, 2.45) is 5.92 Å². The molecule has 1 fully saturated rings. The summed E-state index contributed by atoms with van der Waals surface area (Å²) in [5.41, 5.74) is 0. The number of amides is 1. The third-order valence-electron chi connectivity index (χ3n) is 2.34. The molecule has 1 rings (SSSR count). The molecule has 0 radical (unpaired) electrons. The van der Waals surface area contributed by atoms with E-state index in [-0.39, 0.29) is 30.8 Å². The molecule has 0 bridgehead atoms. The maximum Gasteiger partial charge on any atom is 0.404 e. The minimum absolute atomic E-state index is 0.0995. The number of aliphatic hydroxyl groups excluding tert-OH is 1. The van der Waals surface area contributed by atoms with E-state index in [1.54, 1.807) is 0 Å². The fraction of sp³-hybridized carbons (Fsp3) is 0.750. The van der Waals surface area contributed by atoms with Crippen molar-refractivity contribution in [3.8, 4) is 0 Å². The fourth-order valence-electron chi connectivity index (χ4n) is 1.63. The predicted octanol–water partition coefficient (Wildman–Crippen LogP) is -0.0159. The third kappa shape index (κ3) is 2.69. The Kier molecular flexibility index (Phi) is 3.25. The molecule has 0 unspecified atom stereocenters. The van der Waals surface area contributed by atoms with E-state index < -0.39 is 6.09 Å². The second-order valence-corrected chi connectivity index (χ2v) is 3.28. The number of carbonyl (C=O) groups is 2. The highest BCUT2D eigenvalue weighted by Crippen LogP contribution is 2.21. The molecule has 5 heteroatoms. The molecule has 0 spiro atoms. The summed E-state index contributed by atoms with van der Waals surface area (Å²) in [7, 11) is 0. The summed E-state index contributed by atoms with van der Waals surface area (Å²) < 4.78 is 0. The van der Waals surface area contributed by atoms with E-state index in [0.29, 0.717) is 12.8 Å². The lowest BCUT2D eigenvalue weighted by Crippen LogP contribution is -2.44. The molecule has 5 nitrogen and oxygen atoms in total. The molecule has 74 valence electrons. The molecule has 1 aliphatic carbocycles. The van der Waals surface area contributed by atoms with Crippen LogP contribution in [0.5, 0.6) is 0 Å². The van der Waals surface area contributed by atoms with E-state index in [1.807, 2.05) is 0 Å². The van der Waals surface area contributed by atoms with Gasteiger partial charge in [-0.3, -0.25) is 4.79 Å². The molecule has 0 aromatic rings. The highest BCUT2D eigenvalue weighted by molar-refractivity contribution is 5.80. The van der Waals surface area contributed by atoms with E-state index in [9.17, 15) is 9.59 Å². The second-order valence-electron chi connectivity index (χ2n) is 3.28. The SMILES string of the molecule is O=C1CC[C@H](NC(=O)O)[C@@H](CO)C1. The monoisotopic (exact) mass is 187 g/mol. The van der Waals surface area contributed by atoms with Gasteiger partial charge < -0.3 is 15.5 Å². The Bertz CT molecular complexity index is 216. The van der Waals surface area contributed by atoms with Crippen LogP contribution in [-0.4, -0.2) is 34.7 Å². The molecule has 1 saturated carbocycles. The van der Waals surface area contributed by atoms with Gasteiger partial charge >= 0.3 is 6.09 Å². The molecule has 0 aromatic heterocycles. The van der Waals surface area contributed by atoms with Gasteiger partial charge in [0.15, 0.2) is 0 Å². The van der Waals surface area contributed by atoms with Crippen LogP contribution in [0.25, 0.3) is 0 Å². The first kappa shape index (κ1) is 9.98. The summed E-state index contributed by atoms with van der Waals surface area (Å²) >= 11 is 0. The van der Waals surface area contributed by atoms with Gasteiger partial charge in [-0.25, -0.2) is 4.79 Å². The second kappa shape index (κ2) is 4.23. The minimum atomic E-state index is -1.10. The number of aliphatic hydroxyl groups is 1. The smallest absolute Gasteiger partial charge is 0.404 e. The van der Waals surface area contributed by atoms with Crippen molar-refractivity contribution in [3.05, 3.63) is 0 Å². The average Bonchev–Trinajstić information content (AvgIpc) is 2.07. The molecule has 3 N–H and O–H groups in total. The molecule has 2 atom stereocenters. The van der Waals surface area contributed by atoms with Crippen molar-refractivity contribution in [3.63, 3.8) is 0 Å². The number of hydrogen-bond donors (Lipinski definition) is 3. The van der Waals surface area contributed by atoms with E-state index in [1.165, 1.54) is 0 Å². The molecule has 1 amide bonds. The van der Waals surface area contributed by atoms with Gasteiger partial charge in [-0.1, -0.05) is 0 Å². The molecule has 1 aliphatic rings. The zero-order valence-electron chi connectivity index (χ0n) is 7.19. The highest BCUT2D eigenvalue weighted by atomic mass is 16.4. The van der Waals surface area contributed by atoms with Crippen LogP contribution >= 0.6 is 0 Å². The molecule has 0 aliphatic heterocycles. The van der Waals surface area contributed by atoms with Gasteiger partial charge in [0.05, 0.1) is 0 Å². The number of Topliss-reactive ketones (excluding diaryl/α,β-unsaturated/α-hetero) is 1. The van der Waals surface area contributed by atoms with E-state index in [4.69, 9.17) is 10.2 Å². The standard InChI is InChI=1S/C8H13NO4/c10-4-5-3-6(11)1-2-7(5)9-8(12)13/h5,7,9-10H,1-4H2,(H,12,13)/t5-,7+/m1/s1. The Balaban J connectivity index is 2.52. The first-order valence-corrected chi connectivity index (χ1v) is 4.25. The van der Waals surface area contributed by atoms with Crippen LogP contribution in [0.4, 0.5) is 4.79 Å². The number of carbonyl (C=O) groups excluding carboxylic acids is 1. The van der Waals surface area contributed by atoms with Crippen LogP contribution < -0.4 is 5.32 Å². The topological polar surface area (TPSA) is 86.6 Å². The lowest BCUT2D eigenvalue weighted by molar-refractivity contribution is -0.122. The minimum Gasteiger partial charge on any atom is -0.465 e. The number of rotatable bonds is 2. The van der Waals surface area contributed by atoms with Crippen molar-refractivity contribution in [2.45, 2.75) is 25.3 Å². The van der Waals surface area contributed by atoms with Gasteiger partial charge in [0, 0.05) is 31.4 Å². The van der Waals surface area contributed by atoms with Crippen LogP contribution in [0.1, 0.15) is 19.3 Å². The number of hydrogen-bond acceptors (Lipinski definition) is 3. The van der Waals surface area contributed by atoms with Crippen molar-refractivity contribution in [2.75, 3.05) is 6.61 Å². The fourth-order valence-corrected chi connectivity index (χ4v) is 1.63. The van der Waals surface area contributed by atoms with Crippen LogP contribution in [0.2, 0.25) is 0 Å². The lowest BCUT2D eigenvalue weighted by atomic mass is 9.84. The molecule has 0 saturated heterocycles. The van der Waals surface area contributed by atoms with Crippen LogP contribution in [0.3, 0.4) is 0 Å². The van der Waals surface area contributed by atoms with Gasteiger partial charge in [-0.2, -0.15) is 0 Å². The van der Waals surface area contributed by atoms with Gasteiger partial charge in [-0.05, 0) is 6.42 Å². The lowest BCUT2D eigenvalue weighted by Gasteiger charge is -2.28. The quantitative estimate of drug-likeness (QED) is 0.567. The third-order valence-corrected chi connectivity index (χ3v) is 2.34. The maximum absolute atomic E-state index is 11.0. The summed E-state index contributed by atoms with van der Waals surface area (Å²) in [4.78, 5) is 21.3. The number of ketones is 1. The Morgan fingerprint density at radius 1 is 1.62 bits per heavy atom. The van der Waals surface area contributed by atoms with E-state index in [2.05, 4.69) is 5.32 Å². The molecule has 13 heavy (non-hydrogen) atoms. The zero-order valence-corrected chi connectivity index (χ0v) is 7.19. The molecular weight excluding hydrogens is 174 g/mol. The summed E-state index contributed by atoms with van der Waals surface area (Å²) in [6.45, 7) is -0.142. The van der Waals surface area contributed by atoms with Crippen molar-refractivity contribution >= 4 is 11.9 Å². The molecule has 0 aromatic carbocycles. The summed E-state index contributed by atoms with van der Waals surface area (Å²) in [5, 5.41) is 19.7. The van der Waals surface area contributed by atoms with Gasteiger partial charge in [0.2, 0.25) is 0 Å². The number of carboxylic acid groups (broad SMARTS) is 1. The first-order valence-electron chi connectivity index (χ1n) is 4.25. The summed E-state index contributed by atoms with van der Waals surface area (Å²) in [6, 6.07) is -0.278. The summed E-state index contributed by atoms with van der Waals surface area (Å²) in [5.74, 6) is -0.153. The van der Waals surface area contributed by atoms with Crippen molar-refractivity contribution < 1.29 is 19.8 Å². The van der Waals surface area contributed by atoms with Crippen LogP contribution in [-0.2, 0) is 4.79 Å². The Hall–Kier alpha value is -1.10. The van der Waals surface area contributed by atoms with Crippen LogP contribution in [0, 0.1) is 5.92 Å². The van der Waals surface area contributed by atoms with E-state index >= 15 is 0 Å². The highest BCUT2D eigenvalue weighted by Gasteiger charge is 2.29. The van der Waals surface area contributed by atoms with Crippen LogP contribution in [0.15, 0.2) is 0 Å². The van der Waals surface area contributed by atoms with E-state index in [0.717, 1.165) is 0 Å². The molecular formula is C8H13NO4.